The molecule has 20 heavy (non-hydrogen) atoms. The molecule has 0 spiro atoms. The zero-order chi connectivity index (χ0) is 15.1. The smallest absolute Gasteiger partial charge is 0.317 e. The number of amides is 2. The van der Waals surface area contributed by atoms with Crippen molar-refractivity contribution >= 4 is 12.0 Å². The van der Waals surface area contributed by atoms with Crippen LogP contribution in [0.1, 0.15) is 18.9 Å². The average Bonchev–Trinajstić information content (AvgIpc) is 2.38. The number of hydrogen-bond donors (Lipinski definition) is 2. The van der Waals surface area contributed by atoms with Crippen molar-refractivity contribution in [3.8, 4) is 0 Å². The molecule has 6 heteroatoms. The number of aliphatic carboxylic acids is 1. The molecule has 0 saturated carbocycles. The molecule has 0 aromatic heterocycles. The number of rotatable bonds is 6. The lowest BCUT2D eigenvalue weighted by molar-refractivity contribution is -0.137. The highest BCUT2D eigenvalue weighted by Crippen LogP contribution is 2.09. The van der Waals surface area contributed by atoms with Crippen molar-refractivity contribution in [2.24, 2.45) is 0 Å². The van der Waals surface area contributed by atoms with Crippen molar-refractivity contribution in [3.63, 3.8) is 0 Å². The first-order valence-electron chi connectivity index (χ1n) is 6.37. The summed E-state index contributed by atoms with van der Waals surface area (Å²) < 4.78 is 13.5. The van der Waals surface area contributed by atoms with Gasteiger partial charge in [-0.2, -0.15) is 0 Å². The molecule has 2 amide bonds. The minimum Gasteiger partial charge on any atom is -0.481 e. The summed E-state index contributed by atoms with van der Waals surface area (Å²) in [7, 11) is 1.52. The van der Waals surface area contributed by atoms with Gasteiger partial charge in [0.2, 0.25) is 0 Å². The first-order valence-corrected chi connectivity index (χ1v) is 6.37. The number of urea groups is 1. The van der Waals surface area contributed by atoms with E-state index in [2.05, 4.69) is 5.32 Å². The summed E-state index contributed by atoms with van der Waals surface area (Å²) in [4.78, 5) is 23.5. The number of nitrogens with zero attached hydrogens (tertiary/aromatic N) is 1. The zero-order valence-electron chi connectivity index (χ0n) is 11.6. The van der Waals surface area contributed by atoms with E-state index in [-0.39, 0.29) is 30.9 Å². The van der Waals surface area contributed by atoms with Crippen molar-refractivity contribution in [2.75, 3.05) is 13.6 Å². The Morgan fingerprint density at radius 1 is 1.40 bits per heavy atom. The third-order valence-corrected chi connectivity index (χ3v) is 2.86. The highest BCUT2D eigenvalue weighted by molar-refractivity contribution is 5.75. The van der Waals surface area contributed by atoms with Gasteiger partial charge in [-0.3, -0.25) is 4.79 Å². The Morgan fingerprint density at radius 2 is 2.05 bits per heavy atom. The van der Waals surface area contributed by atoms with Gasteiger partial charge in [0.15, 0.2) is 0 Å². The van der Waals surface area contributed by atoms with E-state index in [0.29, 0.717) is 12.0 Å². The number of carboxylic acid groups (broad SMARTS) is 1. The van der Waals surface area contributed by atoms with Crippen LogP contribution in [0.2, 0.25) is 0 Å². The number of halogens is 1. The lowest BCUT2D eigenvalue weighted by Gasteiger charge is -2.21. The largest absolute Gasteiger partial charge is 0.481 e. The summed E-state index contributed by atoms with van der Waals surface area (Å²) >= 11 is 0. The predicted octanol–water partition coefficient (Wildman–Crippen LogP) is 1.87. The zero-order valence-corrected chi connectivity index (χ0v) is 11.6. The molecular formula is C14H19FN2O3. The summed E-state index contributed by atoms with van der Waals surface area (Å²) in [6.07, 6.45) is 0.275. The molecule has 0 aliphatic carbocycles. The molecule has 0 aliphatic rings. The molecule has 0 radical (unpaired) electrons. The minimum atomic E-state index is -0.955. The van der Waals surface area contributed by atoms with Crippen LogP contribution in [0, 0.1) is 5.82 Å². The van der Waals surface area contributed by atoms with Crippen molar-refractivity contribution < 1.29 is 19.1 Å². The molecule has 1 aromatic rings. The normalized spacial score (nSPS) is 11.8. The second-order valence-corrected chi connectivity index (χ2v) is 4.71. The Kier molecular flexibility index (Phi) is 5.96. The molecule has 1 unspecified atom stereocenters. The molecule has 1 aromatic carbocycles. The van der Waals surface area contributed by atoms with Crippen molar-refractivity contribution in [1.29, 1.82) is 0 Å². The highest BCUT2D eigenvalue weighted by Gasteiger charge is 2.14. The topological polar surface area (TPSA) is 69.6 Å². The first kappa shape index (κ1) is 15.9. The SMILES string of the molecule is CC(Cc1ccccc1F)NC(=O)N(C)CCC(=O)O. The monoisotopic (exact) mass is 282 g/mol. The number of carbonyl (C=O) groups excluding carboxylic acids is 1. The van der Waals surface area contributed by atoms with E-state index < -0.39 is 5.97 Å². The predicted molar refractivity (Wildman–Crippen MR) is 73.0 cm³/mol. The highest BCUT2D eigenvalue weighted by atomic mass is 19.1. The maximum Gasteiger partial charge on any atom is 0.317 e. The fourth-order valence-corrected chi connectivity index (χ4v) is 1.73. The summed E-state index contributed by atoms with van der Waals surface area (Å²) in [5.41, 5.74) is 0.536. The van der Waals surface area contributed by atoms with Gasteiger partial charge in [0.05, 0.1) is 6.42 Å². The van der Waals surface area contributed by atoms with Gasteiger partial charge in [0.1, 0.15) is 5.82 Å². The summed E-state index contributed by atoms with van der Waals surface area (Å²) in [6.45, 7) is 1.91. The lowest BCUT2D eigenvalue weighted by atomic mass is 10.1. The lowest BCUT2D eigenvalue weighted by Crippen LogP contribution is -2.43. The van der Waals surface area contributed by atoms with E-state index in [1.807, 2.05) is 0 Å². The quantitative estimate of drug-likeness (QED) is 0.837. The fraction of sp³-hybridized carbons (Fsp3) is 0.429. The number of benzene rings is 1. The average molecular weight is 282 g/mol. The van der Waals surface area contributed by atoms with Gasteiger partial charge in [0, 0.05) is 19.6 Å². The maximum absolute atomic E-state index is 13.5. The third-order valence-electron chi connectivity index (χ3n) is 2.86. The molecule has 110 valence electrons. The second kappa shape index (κ2) is 7.47. The summed E-state index contributed by atoms with van der Waals surface area (Å²) in [5.74, 6) is -1.25. The molecule has 1 rings (SSSR count). The van der Waals surface area contributed by atoms with Gasteiger partial charge in [-0.15, -0.1) is 0 Å². The van der Waals surface area contributed by atoms with Crippen LogP contribution in [0.15, 0.2) is 24.3 Å². The number of carbonyl (C=O) groups is 2. The van der Waals surface area contributed by atoms with Crippen LogP contribution in [-0.2, 0) is 11.2 Å². The number of hydrogen-bond acceptors (Lipinski definition) is 2. The Morgan fingerprint density at radius 3 is 2.65 bits per heavy atom. The van der Waals surface area contributed by atoms with Crippen LogP contribution in [0.25, 0.3) is 0 Å². The van der Waals surface area contributed by atoms with E-state index in [9.17, 15) is 14.0 Å². The van der Waals surface area contributed by atoms with Crippen molar-refractivity contribution in [1.82, 2.24) is 10.2 Å². The van der Waals surface area contributed by atoms with E-state index >= 15 is 0 Å². The van der Waals surface area contributed by atoms with Crippen LogP contribution in [0.5, 0.6) is 0 Å². The van der Waals surface area contributed by atoms with Crippen LogP contribution >= 0.6 is 0 Å². The number of carboxylic acids is 1. The molecule has 2 N–H and O–H groups in total. The van der Waals surface area contributed by atoms with E-state index in [0.717, 1.165) is 0 Å². The maximum atomic E-state index is 13.5. The first-order chi connectivity index (χ1) is 9.40. The van der Waals surface area contributed by atoms with E-state index in [1.54, 1.807) is 25.1 Å². The standard InChI is InChI=1S/C14H19FN2O3/c1-10(9-11-5-3-4-6-12(11)15)16-14(20)17(2)8-7-13(18)19/h3-6,10H,7-9H2,1-2H3,(H,16,20)(H,18,19). The minimum absolute atomic E-state index is 0.106. The van der Waals surface area contributed by atoms with Crippen molar-refractivity contribution in [3.05, 3.63) is 35.6 Å². The van der Waals surface area contributed by atoms with Crippen LogP contribution < -0.4 is 5.32 Å². The molecule has 0 heterocycles. The van der Waals surface area contributed by atoms with Crippen molar-refractivity contribution in [2.45, 2.75) is 25.8 Å². The van der Waals surface area contributed by atoms with Gasteiger partial charge >= 0.3 is 12.0 Å². The Labute approximate surface area is 117 Å². The van der Waals surface area contributed by atoms with Gasteiger partial charge < -0.3 is 15.3 Å². The molecular weight excluding hydrogens is 263 g/mol. The number of nitrogens with one attached hydrogen (secondary N) is 1. The van der Waals surface area contributed by atoms with E-state index in [1.165, 1.54) is 18.0 Å². The van der Waals surface area contributed by atoms with Gasteiger partial charge in [-0.1, -0.05) is 18.2 Å². The van der Waals surface area contributed by atoms with Gasteiger partial charge in [0.25, 0.3) is 0 Å². The van der Waals surface area contributed by atoms with Crippen LogP contribution in [-0.4, -0.2) is 41.6 Å². The Balaban J connectivity index is 2.45. The molecule has 0 bridgehead atoms. The second-order valence-electron chi connectivity index (χ2n) is 4.71. The summed E-state index contributed by atoms with van der Waals surface area (Å²) in [5, 5.41) is 11.3. The molecule has 0 aliphatic heterocycles. The van der Waals surface area contributed by atoms with Crippen LogP contribution in [0.4, 0.5) is 9.18 Å². The van der Waals surface area contributed by atoms with Gasteiger partial charge in [-0.25, -0.2) is 9.18 Å². The molecule has 0 fully saturated rings. The summed E-state index contributed by atoms with van der Waals surface area (Å²) in [6, 6.07) is 5.80. The van der Waals surface area contributed by atoms with Crippen LogP contribution in [0.3, 0.4) is 0 Å². The Bertz CT molecular complexity index is 479. The van der Waals surface area contributed by atoms with E-state index in [4.69, 9.17) is 5.11 Å². The van der Waals surface area contributed by atoms with Gasteiger partial charge in [-0.05, 0) is 25.0 Å². The molecule has 0 saturated heterocycles. The molecule has 5 nitrogen and oxygen atoms in total. The Hall–Kier alpha value is -2.11. The third kappa shape index (κ3) is 5.26. The fourth-order valence-electron chi connectivity index (χ4n) is 1.73. The molecule has 1 atom stereocenters.